The van der Waals surface area contributed by atoms with Gasteiger partial charge in [-0.25, -0.2) is 0 Å². The van der Waals surface area contributed by atoms with E-state index < -0.39 is 11.7 Å². The van der Waals surface area contributed by atoms with Gasteiger partial charge in [-0.3, -0.25) is 0 Å². The van der Waals surface area contributed by atoms with Gasteiger partial charge in [0, 0.05) is 17.8 Å². The first kappa shape index (κ1) is 21.8. The van der Waals surface area contributed by atoms with Crippen LogP contribution in [0.4, 0.5) is 0 Å². The first-order valence-corrected chi connectivity index (χ1v) is 12.5. The number of hydrogen-bond acceptors (Lipinski definition) is 3. The Hall–Kier alpha value is -0.410. The summed E-state index contributed by atoms with van der Waals surface area (Å²) in [7, 11) is 0. The Morgan fingerprint density at radius 3 is 2.48 bits per heavy atom. The molecule has 166 valence electrons. The highest BCUT2D eigenvalue weighted by Gasteiger charge is 2.71. The third-order valence-electron chi connectivity index (χ3n) is 10.6. The Labute approximate surface area is 178 Å². The van der Waals surface area contributed by atoms with Crippen LogP contribution in [0.3, 0.4) is 0 Å². The molecule has 0 spiro atoms. The first-order chi connectivity index (χ1) is 13.7. The molecule has 4 aliphatic rings. The summed E-state index contributed by atoms with van der Waals surface area (Å²) >= 11 is 0. The summed E-state index contributed by atoms with van der Waals surface area (Å²) < 4.78 is 0. The minimum atomic E-state index is -1.01. The van der Waals surface area contributed by atoms with Gasteiger partial charge in [-0.1, -0.05) is 47.0 Å². The van der Waals surface area contributed by atoms with Crippen LogP contribution in [0.25, 0.3) is 0 Å². The van der Waals surface area contributed by atoms with E-state index >= 15 is 0 Å². The van der Waals surface area contributed by atoms with Crippen molar-refractivity contribution in [2.24, 2.45) is 46.3 Å². The van der Waals surface area contributed by atoms with Crippen molar-refractivity contribution in [1.29, 1.82) is 0 Å². The second kappa shape index (κ2) is 7.62. The fourth-order valence-corrected chi connectivity index (χ4v) is 8.89. The first-order valence-electron chi connectivity index (χ1n) is 12.5. The lowest BCUT2D eigenvalue weighted by Gasteiger charge is -2.52. The maximum Gasteiger partial charge on any atom is 0.126 e. The zero-order chi connectivity index (χ0) is 21.0. The summed E-state index contributed by atoms with van der Waals surface area (Å²) in [4.78, 5) is 12.4. The fraction of sp³-hybridized carbons (Fsp3) is 0.962. The molecule has 0 aromatic rings. The molecule has 4 aliphatic carbocycles. The molecule has 0 aromatic carbocycles. The van der Waals surface area contributed by atoms with Crippen molar-refractivity contribution in [2.45, 2.75) is 110 Å². The van der Waals surface area contributed by atoms with Crippen molar-refractivity contribution in [3.05, 3.63) is 0 Å². The number of aldehydes is 1. The highest BCUT2D eigenvalue weighted by atomic mass is 16.3. The van der Waals surface area contributed by atoms with E-state index in [2.05, 4.69) is 27.7 Å². The van der Waals surface area contributed by atoms with Crippen LogP contribution in [0, 0.1) is 46.3 Å². The topological polar surface area (TPSA) is 57.5 Å². The highest BCUT2D eigenvalue weighted by molar-refractivity contribution is 5.59. The molecule has 9 atom stereocenters. The number of hydrogen-bond donors (Lipinski definition) is 2. The van der Waals surface area contributed by atoms with Gasteiger partial charge < -0.3 is 15.0 Å². The lowest BCUT2D eigenvalue weighted by molar-refractivity contribution is -0.156. The molecule has 2 N–H and O–H groups in total. The van der Waals surface area contributed by atoms with Gasteiger partial charge in [0.15, 0.2) is 0 Å². The monoisotopic (exact) mass is 404 g/mol. The van der Waals surface area contributed by atoms with Gasteiger partial charge in [0.2, 0.25) is 0 Å². The molecule has 4 unspecified atom stereocenters. The number of aliphatic hydroxyl groups excluding tert-OH is 1. The number of unbranched alkanes of at least 4 members (excludes halogenated alkanes) is 1. The van der Waals surface area contributed by atoms with E-state index in [-0.39, 0.29) is 11.3 Å². The minimum absolute atomic E-state index is 0.209. The molecule has 0 aliphatic heterocycles. The van der Waals surface area contributed by atoms with E-state index in [1.54, 1.807) is 0 Å². The average Bonchev–Trinajstić information content (AvgIpc) is 3.08. The second-order valence-corrected chi connectivity index (χ2v) is 12.2. The van der Waals surface area contributed by atoms with Crippen LogP contribution in [0.5, 0.6) is 0 Å². The highest BCUT2D eigenvalue weighted by Crippen LogP contribution is 2.72. The van der Waals surface area contributed by atoms with Gasteiger partial charge in [0.1, 0.15) is 6.29 Å². The van der Waals surface area contributed by atoms with Crippen LogP contribution in [-0.4, -0.2) is 28.2 Å². The summed E-state index contributed by atoms with van der Waals surface area (Å²) in [5.41, 5.74) is -0.888. The van der Waals surface area contributed by atoms with Gasteiger partial charge in [-0.05, 0) is 80.0 Å². The number of carbonyl (C=O) groups excluding carboxylic acids is 1. The summed E-state index contributed by atoms with van der Waals surface area (Å²) in [6.45, 7) is 9.38. The minimum Gasteiger partial charge on any atom is -0.393 e. The smallest absolute Gasteiger partial charge is 0.126 e. The SMILES string of the molecule is CC(C)CCCC[C@H]1CCC2C3C(CC[C@@]21C)[C@@]1(C)CC[C@H](O)CC1(O)[C@@H]3C=O. The molecule has 0 heterocycles. The Kier molecular flexibility index (Phi) is 5.73. The van der Waals surface area contributed by atoms with Crippen molar-refractivity contribution in [1.82, 2.24) is 0 Å². The van der Waals surface area contributed by atoms with Crippen molar-refractivity contribution in [2.75, 3.05) is 0 Å². The number of aliphatic hydroxyl groups is 2. The maximum absolute atomic E-state index is 12.4. The average molecular weight is 405 g/mol. The van der Waals surface area contributed by atoms with Gasteiger partial charge >= 0.3 is 0 Å². The standard InChI is InChI=1S/C26H44O3/c1-17(2)7-5-6-8-18-9-10-20-23-21(12-13-24(18,20)3)25(4)14-11-19(28)15-26(25,29)22(23)16-27/h16-23,28-29H,5-15H2,1-4H3/t18-,19-,20?,21?,22+,23?,24+,25+,26?/m0/s1. The molecule has 3 heteroatoms. The second-order valence-electron chi connectivity index (χ2n) is 12.2. The zero-order valence-electron chi connectivity index (χ0n) is 19.2. The van der Waals surface area contributed by atoms with Crippen molar-refractivity contribution in [3.63, 3.8) is 0 Å². The fourth-order valence-electron chi connectivity index (χ4n) is 8.89. The molecule has 0 amide bonds. The van der Waals surface area contributed by atoms with Crippen LogP contribution in [0.2, 0.25) is 0 Å². The summed E-state index contributed by atoms with van der Waals surface area (Å²) in [6.07, 6.45) is 12.9. The molecule has 0 saturated heterocycles. The number of carbonyl (C=O) groups is 1. The summed E-state index contributed by atoms with van der Waals surface area (Å²) in [6, 6.07) is 0. The molecule has 4 fully saturated rings. The molecule has 3 nitrogen and oxygen atoms in total. The molecule has 0 radical (unpaired) electrons. The van der Waals surface area contributed by atoms with Gasteiger partial charge in [0.05, 0.1) is 11.7 Å². The van der Waals surface area contributed by atoms with Crippen molar-refractivity contribution < 1.29 is 15.0 Å². The van der Waals surface area contributed by atoms with Crippen LogP contribution in [0.15, 0.2) is 0 Å². The maximum atomic E-state index is 12.4. The number of rotatable bonds is 6. The lowest BCUT2D eigenvalue weighted by atomic mass is 9.54. The number of fused-ring (bicyclic) bond motifs is 5. The van der Waals surface area contributed by atoms with Crippen molar-refractivity contribution >= 4 is 6.29 Å². The third kappa shape index (κ3) is 3.16. The van der Waals surface area contributed by atoms with E-state index in [4.69, 9.17) is 0 Å². The molecule has 0 aromatic heterocycles. The van der Waals surface area contributed by atoms with E-state index in [1.807, 2.05) is 0 Å². The van der Waals surface area contributed by atoms with E-state index in [9.17, 15) is 15.0 Å². The molecule has 4 rings (SSSR count). The molecule has 4 saturated carbocycles. The van der Waals surface area contributed by atoms with Crippen LogP contribution in [0.1, 0.15) is 98.3 Å². The molecular formula is C26H44O3. The van der Waals surface area contributed by atoms with Crippen molar-refractivity contribution in [3.8, 4) is 0 Å². The molecule has 29 heavy (non-hydrogen) atoms. The quantitative estimate of drug-likeness (QED) is 0.462. The van der Waals surface area contributed by atoms with Crippen LogP contribution in [-0.2, 0) is 4.79 Å². The Morgan fingerprint density at radius 1 is 1.03 bits per heavy atom. The Morgan fingerprint density at radius 2 is 1.79 bits per heavy atom. The summed E-state index contributed by atoms with van der Waals surface area (Å²) in [5, 5.41) is 22.2. The Bertz CT molecular complexity index is 617. The predicted octanol–water partition coefficient (Wildman–Crippen LogP) is 5.37. The largest absolute Gasteiger partial charge is 0.393 e. The predicted molar refractivity (Wildman–Crippen MR) is 116 cm³/mol. The van der Waals surface area contributed by atoms with Crippen LogP contribution >= 0.6 is 0 Å². The van der Waals surface area contributed by atoms with E-state index in [0.29, 0.717) is 29.6 Å². The normalized spacial score (nSPS) is 51.6. The molecular weight excluding hydrogens is 360 g/mol. The van der Waals surface area contributed by atoms with Crippen LogP contribution < -0.4 is 0 Å². The van der Waals surface area contributed by atoms with Gasteiger partial charge in [-0.15, -0.1) is 0 Å². The third-order valence-corrected chi connectivity index (χ3v) is 10.6. The zero-order valence-corrected chi connectivity index (χ0v) is 19.2. The lowest BCUT2D eigenvalue weighted by Crippen LogP contribution is -2.54. The summed E-state index contributed by atoms with van der Waals surface area (Å²) in [5.74, 6) is 2.60. The van der Waals surface area contributed by atoms with Gasteiger partial charge in [-0.2, -0.15) is 0 Å². The van der Waals surface area contributed by atoms with E-state index in [1.165, 1.54) is 44.9 Å². The van der Waals surface area contributed by atoms with Gasteiger partial charge in [0.25, 0.3) is 0 Å². The van der Waals surface area contributed by atoms with E-state index in [0.717, 1.165) is 37.4 Å². The molecule has 0 bridgehead atoms. The Balaban J connectivity index is 1.56.